The summed E-state index contributed by atoms with van der Waals surface area (Å²) < 4.78 is 4.99. The molecule has 1 rings (SSSR count). The fourth-order valence-electron chi connectivity index (χ4n) is 1.53. The molecular weight excluding hydrogens is 152 g/mol. The Bertz CT molecular complexity index is 141. The summed E-state index contributed by atoms with van der Waals surface area (Å²) in [6.45, 7) is 8.25. The van der Waals surface area contributed by atoms with E-state index >= 15 is 0 Å². The predicted molar refractivity (Wildman–Crippen MR) is 50.1 cm³/mol. The van der Waals surface area contributed by atoms with Gasteiger partial charge in [0.1, 0.15) is 0 Å². The Morgan fingerprint density at radius 2 is 2.08 bits per heavy atom. The first-order valence-electron chi connectivity index (χ1n) is 4.58. The minimum atomic E-state index is 0.0632. The highest BCUT2D eigenvalue weighted by molar-refractivity contribution is 5.01. The first-order chi connectivity index (χ1) is 5.58. The van der Waals surface area contributed by atoms with Crippen LogP contribution in [0, 0.1) is 5.92 Å². The van der Waals surface area contributed by atoms with Crippen LogP contribution in [0.2, 0.25) is 0 Å². The summed E-state index contributed by atoms with van der Waals surface area (Å²) in [5, 5.41) is 0. The summed E-state index contributed by atoms with van der Waals surface area (Å²) in [7, 11) is 1.73. The molecule has 3 nitrogen and oxygen atoms in total. The number of likely N-dealkylation sites (tertiary alicyclic amines) is 1. The summed E-state index contributed by atoms with van der Waals surface area (Å²) in [4.78, 5) is 2.34. The van der Waals surface area contributed by atoms with Crippen LogP contribution >= 0.6 is 0 Å². The zero-order valence-corrected chi connectivity index (χ0v) is 8.34. The van der Waals surface area contributed by atoms with Crippen molar-refractivity contribution in [2.45, 2.75) is 19.4 Å². The van der Waals surface area contributed by atoms with Gasteiger partial charge in [0.15, 0.2) is 0 Å². The van der Waals surface area contributed by atoms with E-state index in [1.54, 1.807) is 7.11 Å². The van der Waals surface area contributed by atoms with Gasteiger partial charge in [0, 0.05) is 32.3 Å². The first-order valence-corrected chi connectivity index (χ1v) is 4.58. The van der Waals surface area contributed by atoms with E-state index < -0.39 is 0 Å². The Labute approximate surface area is 74.9 Å². The number of rotatable bonds is 4. The molecule has 0 aromatic rings. The number of methoxy groups -OCH3 is 1. The van der Waals surface area contributed by atoms with Crippen molar-refractivity contribution >= 4 is 0 Å². The standard InChI is InChI=1S/C9H20N2O/c1-8(2)9(10)6-11(7-9)4-5-12-3/h8H,4-7,10H2,1-3H3. The van der Waals surface area contributed by atoms with Crippen molar-refractivity contribution in [1.29, 1.82) is 0 Å². The van der Waals surface area contributed by atoms with Crippen molar-refractivity contribution in [2.75, 3.05) is 33.4 Å². The van der Waals surface area contributed by atoms with Gasteiger partial charge in [-0.15, -0.1) is 0 Å². The summed E-state index contributed by atoms with van der Waals surface area (Å²) in [5.41, 5.74) is 6.19. The average Bonchev–Trinajstić information content (AvgIpc) is 1.95. The van der Waals surface area contributed by atoms with Crippen LogP contribution in [0.25, 0.3) is 0 Å². The van der Waals surface area contributed by atoms with E-state index in [2.05, 4.69) is 18.7 Å². The monoisotopic (exact) mass is 172 g/mol. The van der Waals surface area contributed by atoms with Crippen molar-refractivity contribution in [3.63, 3.8) is 0 Å². The Hall–Kier alpha value is -0.120. The van der Waals surface area contributed by atoms with E-state index in [9.17, 15) is 0 Å². The topological polar surface area (TPSA) is 38.5 Å². The van der Waals surface area contributed by atoms with Crippen LogP contribution in [0.3, 0.4) is 0 Å². The van der Waals surface area contributed by atoms with Crippen LogP contribution in [-0.2, 0) is 4.74 Å². The quantitative estimate of drug-likeness (QED) is 0.663. The molecule has 0 bridgehead atoms. The molecule has 0 radical (unpaired) electrons. The van der Waals surface area contributed by atoms with Crippen molar-refractivity contribution in [1.82, 2.24) is 4.90 Å². The second-order valence-corrected chi connectivity index (χ2v) is 4.09. The van der Waals surface area contributed by atoms with Gasteiger partial charge in [-0.05, 0) is 5.92 Å². The molecule has 0 aromatic carbocycles. The van der Waals surface area contributed by atoms with Crippen LogP contribution < -0.4 is 5.73 Å². The van der Waals surface area contributed by atoms with Crippen LogP contribution in [0.1, 0.15) is 13.8 Å². The van der Waals surface area contributed by atoms with Gasteiger partial charge in [-0.3, -0.25) is 4.90 Å². The molecule has 1 fully saturated rings. The molecule has 1 aliphatic heterocycles. The molecule has 0 atom stereocenters. The zero-order valence-electron chi connectivity index (χ0n) is 8.34. The molecular formula is C9H20N2O. The highest BCUT2D eigenvalue weighted by Gasteiger charge is 2.41. The number of nitrogens with zero attached hydrogens (tertiary/aromatic N) is 1. The molecule has 12 heavy (non-hydrogen) atoms. The normalized spacial score (nSPS) is 22.8. The van der Waals surface area contributed by atoms with Crippen LogP contribution in [0.15, 0.2) is 0 Å². The maximum atomic E-state index is 6.13. The maximum Gasteiger partial charge on any atom is 0.0589 e. The summed E-state index contributed by atoms with van der Waals surface area (Å²) in [6.07, 6.45) is 0. The van der Waals surface area contributed by atoms with E-state index in [1.165, 1.54) is 0 Å². The lowest BCUT2D eigenvalue weighted by atomic mass is 9.80. The van der Waals surface area contributed by atoms with E-state index in [4.69, 9.17) is 10.5 Å². The van der Waals surface area contributed by atoms with Gasteiger partial charge in [0.25, 0.3) is 0 Å². The van der Waals surface area contributed by atoms with Crippen molar-refractivity contribution in [3.8, 4) is 0 Å². The molecule has 0 saturated carbocycles. The van der Waals surface area contributed by atoms with Crippen LogP contribution in [0.5, 0.6) is 0 Å². The van der Waals surface area contributed by atoms with E-state index in [0.717, 1.165) is 26.2 Å². The average molecular weight is 172 g/mol. The highest BCUT2D eigenvalue weighted by atomic mass is 16.5. The first kappa shape index (κ1) is 9.96. The second-order valence-electron chi connectivity index (χ2n) is 4.09. The van der Waals surface area contributed by atoms with E-state index in [1.807, 2.05) is 0 Å². The van der Waals surface area contributed by atoms with Gasteiger partial charge in [-0.2, -0.15) is 0 Å². The highest BCUT2D eigenvalue weighted by Crippen LogP contribution is 2.25. The third kappa shape index (κ3) is 1.97. The Morgan fingerprint density at radius 3 is 2.50 bits per heavy atom. The third-order valence-corrected chi connectivity index (χ3v) is 2.80. The van der Waals surface area contributed by atoms with Crippen molar-refractivity contribution in [2.24, 2.45) is 11.7 Å². The van der Waals surface area contributed by atoms with E-state index in [-0.39, 0.29) is 5.54 Å². The summed E-state index contributed by atoms with van der Waals surface area (Å²) in [6, 6.07) is 0. The smallest absolute Gasteiger partial charge is 0.0589 e. The van der Waals surface area contributed by atoms with Gasteiger partial charge < -0.3 is 10.5 Å². The lowest BCUT2D eigenvalue weighted by Gasteiger charge is -2.50. The number of ether oxygens (including phenoxy) is 1. The molecule has 0 aliphatic carbocycles. The number of hydrogen-bond acceptors (Lipinski definition) is 3. The predicted octanol–water partition coefficient (Wildman–Crippen LogP) is 0.302. The third-order valence-electron chi connectivity index (χ3n) is 2.80. The largest absolute Gasteiger partial charge is 0.383 e. The zero-order chi connectivity index (χ0) is 9.19. The van der Waals surface area contributed by atoms with Crippen molar-refractivity contribution < 1.29 is 4.74 Å². The molecule has 72 valence electrons. The molecule has 1 heterocycles. The number of nitrogens with two attached hydrogens (primary N) is 1. The van der Waals surface area contributed by atoms with Crippen LogP contribution in [-0.4, -0.2) is 43.8 Å². The minimum Gasteiger partial charge on any atom is -0.383 e. The SMILES string of the molecule is COCCN1CC(N)(C(C)C)C1. The molecule has 1 aliphatic rings. The van der Waals surface area contributed by atoms with Gasteiger partial charge >= 0.3 is 0 Å². The molecule has 0 aromatic heterocycles. The molecule has 0 unspecified atom stereocenters. The molecule has 2 N–H and O–H groups in total. The molecule has 0 spiro atoms. The maximum absolute atomic E-state index is 6.13. The van der Waals surface area contributed by atoms with Gasteiger partial charge in [0.05, 0.1) is 6.61 Å². The lowest BCUT2D eigenvalue weighted by molar-refractivity contribution is 0.0188. The Morgan fingerprint density at radius 1 is 1.50 bits per heavy atom. The van der Waals surface area contributed by atoms with Gasteiger partial charge in [-0.25, -0.2) is 0 Å². The number of hydrogen-bond donors (Lipinski definition) is 1. The molecule has 0 amide bonds. The fourth-order valence-corrected chi connectivity index (χ4v) is 1.53. The van der Waals surface area contributed by atoms with E-state index in [0.29, 0.717) is 5.92 Å². The Kier molecular flexibility index (Phi) is 3.09. The van der Waals surface area contributed by atoms with Crippen molar-refractivity contribution in [3.05, 3.63) is 0 Å². The van der Waals surface area contributed by atoms with Gasteiger partial charge in [0.2, 0.25) is 0 Å². The summed E-state index contributed by atoms with van der Waals surface area (Å²) >= 11 is 0. The molecule has 1 saturated heterocycles. The van der Waals surface area contributed by atoms with Gasteiger partial charge in [-0.1, -0.05) is 13.8 Å². The lowest BCUT2D eigenvalue weighted by Crippen LogP contribution is -2.70. The van der Waals surface area contributed by atoms with Crippen LogP contribution in [0.4, 0.5) is 0 Å². The fraction of sp³-hybridized carbons (Fsp3) is 1.00. The molecule has 3 heteroatoms. The second kappa shape index (κ2) is 3.73. The summed E-state index contributed by atoms with van der Waals surface area (Å²) in [5.74, 6) is 0.580. The minimum absolute atomic E-state index is 0.0632. The Balaban J connectivity index is 2.18.